The molecule has 98 valence electrons. The summed E-state index contributed by atoms with van der Waals surface area (Å²) in [6.45, 7) is 6.56. The van der Waals surface area contributed by atoms with E-state index in [9.17, 15) is 0 Å². The monoisotopic (exact) mass is 251 g/mol. The average Bonchev–Trinajstić information content (AvgIpc) is 2.45. The van der Waals surface area contributed by atoms with Gasteiger partial charge in [0.05, 0.1) is 0 Å². The predicted octanol–water partition coefficient (Wildman–Crippen LogP) is 5.08. The Morgan fingerprint density at radius 2 is 1.79 bits per heavy atom. The molecule has 0 radical (unpaired) electrons. The molecule has 1 aromatic rings. The van der Waals surface area contributed by atoms with E-state index in [1.165, 1.54) is 28.1 Å². The standard InChI is InChI=1S/C17H19N2/c1-4-13-14-8-6-7-9-15(14)17-12(3)18-10-11-19(17)16(13)5-2/h6-11H,4-5H2,1-3H3/q-1. The van der Waals surface area contributed by atoms with E-state index in [-0.39, 0.29) is 0 Å². The van der Waals surface area contributed by atoms with Gasteiger partial charge in [0.25, 0.3) is 0 Å². The molecule has 0 N–H and O–H groups in total. The fraction of sp³-hybridized carbons (Fsp3) is 0.294. The fourth-order valence-corrected chi connectivity index (χ4v) is 3.10. The zero-order valence-electron chi connectivity index (χ0n) is 11.8. The summed E-state index contributed by atoms with van der Waals surface area (Å²) in [4.78, 5) is 2.32. The van der Waals surface area contributed by atoms with Crippen molar-refractivity contribution in [3.8, 4) is 0 Å². The minimum Gasteiger partial charge on any atom is -0.665 e. The highest BCUT2D eigenvalue weighted by Gasteiger charge is 2.26. The molecule has 2 aliphatic rings. The second-order valence-electron chi connectivity index (χ2n) is 4.91. The Bertz CT molecular complexity index is 605. The molecular formula is C17H19N2-. The highest BCUT2D eigenvalue weighted by Crippen LogP contribution is 2.44. The molecule has 2 heterocycles. The fourth-order valence-electron chi connectivity index (χ4n) is 3.10. The van der Waals surface area contributed by atoms with E-state index in [0.29, 0.717) is 0 Å². The molecule has 0 amide bonds. The summed E-state index contributed by atoms with van der Waals surface area (Å²) in [6, 6.07) is 8.68. The second-order valence-corrected chi connectivity index (χ2v) is 4.91. The number of benzene rings is 1. The average molecular weight is 251 g/mol. The van der Waals surface area contributed by atoms with Gasteiger partial charge in [0.2, 0.25) is 0 Å². The molecule has 1 aromatic carbocycles. The zero-order chi connectivity index (χ0) is 13.4. The largest absolute Gasteiger partial charge is 0.665 e. The SMILES string of the molecule is CCC1=C(CC)N2C=C[N-]C(C)=C2c2ccccc21. The first-order chi connectivity index (χ1) is 9.27. The summed E-state index contributed by atoms with van der Waals surface area (Å²) < 4.78 is 0. The van der Waals surface area contributed by atoms with Crippen LogP contribution in [0.2, 0.25) is 0 Å². The van der Waals surface area contributed by atoms with Gasteiger partial charge >= 0.3 is 0 Å². The van der Waals surface area contributed by atoms with Gasteiger partial charge in [0, 0.05) is 17.0 Å². The molecule has 0 spiro atoms. The third-order valence-electron chi connectivity index (χ3n) is 3.90. The molecule has 0 fully saturated rings. The van der Waals surface area contributed by atoms with Crippen LogP contribution in [0.5, 0.6) is 0 Å². The van der Waals surface area contributed by atoms with Crippen molar-refractivity contribution in [2.45, 2.75) is 33.6 Å². The number of hydrogen-bond acceptors (Lipinski definition) is 1. The highest BCUT2D eigenvalue weighted by atomic mass is 15.2. The van der Waals surface area contributed by atoms with Crippen molar-refractivity contribution in [3.05, 3.63) is 64.5 Å². The van der Waals surface area contributed by atoms with Crippen molar-refractivity contribution in [1.29, 1.82) is 0 Å². The maximum Gasteiger partial charge on any atom is 0.0341 e. The van der Waals surface area contributed by atoms with Crippen LogP contribution in [-0.4, -0.2) is 4.90 Å². The Labute approximate surface area is 115 Å². The van der Waals surface area contributed by atoms with Crippen LogP contribution in [0.4, 0.5) is 0 Å². The summed E-state index contributed by atoms with van der Waals surface area (Å²) in [6.07, 6.45) is 6.09. The van der Waals surface area contributed by atoms with Gasteiger partial charge < -0.3 is 10.2 Å². The lowest BCUT2D eigenvalue weighted by atomic mass is 9.88. The van der Waals surface area contributed by atoms with Crippen LogP contribution in [0.3, 0.4) is 0 Å². The number of fused-ring (bicyclic) bond motifs is 3. The molecule has 19 heavy (non-hydrogen) atoms. The molecular weight excluding hydrogens is 232 g/mol. The van der Waals surface area contributed by atoms with E-state index in [1.807, 2.05) is 6.20 Å². The summed E-state index contributed by atoms with van der Waals surface area (Å²) in [5, 5.41) is 4.47. The zero-order valence-corrected chi connectivity index (χ0v) is 11.8. The molecule has 0 bridgehead atoms. The van der Waals surface area contributed by atoms with Crippen molar-refractivity contribution in [3.63, 3.8) is 0 Å². The van der Waals surface area contributed by atoms with Crippen molar-refractivity contribution in [1.82, 2.24) is 4.90 Å². The Balaban J connectivity index is 2.33. The summed E-state index contributed by atoms with van der Waals surface area (Å²) >= 11 is 0. The molecule has 0 unspecified atom stereocenters. The lowest BCUT2D eigenvalue weighted by molar-refractivity contribution is 0.610. The molecule has 0 atom stereocenters. The van der Waals surface area contributed by atoms with Gasteiger partial charge in [-0.1, -0.05) is 45.0 Å². The van der Waals surface area contributed by atoms with E-state index in [4.69, 9.17) is 0 Å². The first-order valence-corrected chi connectivity index (χ1v) is 6.97. The van der Waals surface area contributed by atoms with Crippen molar-refractivity contribution >= 4 is 11.3 Å². The Kier molecular flexibility index (Phi) is 2.94. The van der Waals surface area contributed by atoms with Gasteiger partial charge in [-0.05, 0) is 30.2 Å². The van der Waals surface area contributed by atoms with Crippen LogP contribution in [0.1, 0.15) is 44.7 Å². The molecule has 0 saturated carbocycles. The van der Waals surface area contributed by atoms with Gasteiger partial charge in [-0.15, -0.1) is 5.70 Å². The summed E-state index contributed by atoms with van der Waals surface area (Å²) in [5.41, 5.74) is 7.88. The lowest BCUT2D eigenvalue weighted by Crippen LogP contribution is -2.24. The van der Waals surface area contributed by atoms with Gasteiger partial charge in [0.1, 0.15) is 0 Å². The molecule has 0 aliphatic carbocycles. The van der Waals surface area contributed by atoms with Crippen molar-refractivity contribution < 1.29 is 0 Å². The van der Waals surface area contributed by atoms with E-state index < -0.39 is 0 Å². The Morgan fingerprint density at radius 1 is 1.05 bits per heavy atom. The van der Waals surface area contributed by atoms with Gasteiger partial charge in [-0.2, -0.15) is 6.20 Å². The molecule has 0 saturated heterocycles. The normalized spacial score (nSPS) is 17.3. The van der Waals surface area contributed by atoms with Gasteiger partial charge in [-0.3, -0.25) is 0 Å². The molecule has 0 aromatic heterocycles. The second kappa shape index (κ2) is 4.61. The van der Waals surface area contributed by atoms with Gasteiger partial charge in [0.15, 0.2) is 0 Å². The number of rotatable bonds is 2. The maximum atomic E-state index is 4.47. The van der Waals surface area contributed by atoms with Crippen molar-refractivity contribution in [2.24, 2.45) is 0 Å². The predicted molar refractivity (Wildman–Crippen MR) is 80.9 cm³/mol. The number of hydrogen-bond donors (Lipinski definition) is 0. The Hall–Kier alpha value is -1.96. The Morgan fingerprint density at radius 3 is 2.47 bits per heavy atom. The van der Waals surface area contributed by atoms with E-state index in [2.05, 4.69) is 61.5 Å². The van der Waals surface area contributed by atoms with Crippen molar-refractivity contribution in [2.75, 3.05) is 0 Å². The van der Waals surface area contributed by atoms with Crippen LogP contribution in [0.15, 0.2) is 48.1 Å². The maximum absolute atomic E-state index is 4.47. The van der Waals surface area contributed by atoms with E-state index in [0.717, 1.165) is 18.5 Å². The quantitative estimate of drug-likeness (QED) is 0.716. The highest BCUT2D eigenvalue weighted by molar-refractivity contribution is 5.88. The first kappa shape index (κ1) is 12.1. The molecule has 3 rings (SSSR count). The number of nitrogens with zero attached hydrogens (tertiary/aromatic N) is 2. The van der Waals surface area contributed by atoms with E-state index >= 15 is 0 Å². The third-order valence-corrected chi connectivity index (χ3v) is 3.90. The summed E-state index contributed by atoms with van der Waals surface area (Å²) in [7, 11) is 0. The number of allylic oxidation sites excluding steroid dienone is 3. The summed E-state index contributed by atoms with van der Waals surface area (Å²) in [5.74, 6) is 0. The van der Waals surface area contributed by atoms with Crippen LogP contribution >= 0.6 is 0 Å². The van der Waals surface area contributed by atoms with Crippen LogP contribution in [0.25, 0.3) is 16.6 Å². The minimum absolute atomic E-state index is 1.04. The minimum atomic E-state index is 1.04. The molecule has 2 aliphatic heterocycles. The van der Waals surface area contributed by atoms with Gasteiger partial charge in [-0.25, -0.2) is 0 Å². The van der Waals surface area contributed by atoms with Crippen LogP contribution < -0.4 is 0 Å². The topological polar surface area (TPSA) is 17.3 Å². The smallest absolute Gasteiger partial charge is 0.0341 e. The van der Waals surface area contributed by atoms with E-state index in [1.54, 1.807) is 0 Å². The third kappa shape index (κ3) is 1.71. The first-order valence-electron chi connectivity index (χ1n) is 6.97. The lowest BCUT2D eigenvalue weighted by Gasteiger charge is -2.42. The molecule has 2 heteroatoms. The molecule has 2 nitrogen and oxygen atoms in total. The van der Waals surface area contributed by atoms with Crippen LogP contribution in [0, 0.1) is 0 Å². The van der Waals surface area contributed by atoms with Crippen LogP contribution in [-0.2, 0) is 0 Å².